The second-order valence-electron chi connectivity index (χ2n) is 7.58. The number of alkyl halides is 3. The highest BCUT2D eigenvalue weighted by Crippen LogP contribution is 2.30. The van der Waals surface area contributed by atoms with Gasteiger partial charge in [0.1, 0.15) is 5.69 Å². The number of esters is 1. The Balaban J connectivity index is 2.47. The predicted molar refractivity (Wildman–Crippen MR) is 117 cm³/mol. The van der Waals surface area contributed by atoms with Gasteiger partial charge in [-0.15, -0.1) is 6.58 Å². The number of hydrogen-bond donors (Lipinski definition) is 0. The van der Waals surface area contributed by atoms with Gasteiger partial charge in [-0.1, -0.05) is 12.1 Å². The smallest absolute Gasteiger partial charge is 0.416 e. The lowest BCUT2D eigenvalue weighted by Crippen LogP contribution is -2.43. The fraction of sp³-hybridized carbons (Fsp3) is 0.375. The van der Waals surface area contributed by atoms with Crippen LogP contribution in [-0.2, 0) is 18.0 Å². The van der Waals surface area contributed by atoms with Crippen molar-refractivity contribution in [2.45, 2.75) is 39.9 Å². The summed E-state index contributed by atoms with van der Waals surface area (Å²) in [5.41, 5.74) is 0.260. The predicted octanol–water partition coefficient (Wildman–Crippen LogP) is 4.74. The summed E-state index contributed by atoms with van der Waals surface area (Å²) in [6.45, 7) is 10.2. The molecule has 1 atom stereocenters. The van der Waals surface area contributed by atoms with Crippen molar-refractivity contribution in [3.8, 4) is 0 Å². The molecule has 1 heterocycles. The molecule has 0 spiro atoms. The summed E-state index contributed by atoms with van der Waals surface area (Å²) in [5.74, 6) is -1.76. The van der Waals surface area contributed by atoms with Crippen LogP contribution in [0, 0.1) is 13.8 Å². The third-order valence-electron chi connectivity index (χ3n) is 5.52. The molecule has 1 unspecified atom stereocenters. The standard InChI is InChI=1S/C24H27F3N2O4/c1-7-12-29(22(31)17-10-9-11-18(13-17)24(25,26)27)16(5)21(30)19-14(3)20(23(32)33-8-2)28(6)15(19)4/h7,9-11,13,16H,1,8,12H2,2-6H3. The molecule has 6 nitrogen and oxygen atoms in total. The Kier molecular flexibility index (Phi) is 7.89. The first-order valence-electron chi connectivity index (χ1n) is 10.3. The second kappa shape index (κ2) is 10.1. The number of benzene rings is 1. The number of rotatable bonds is 8. The van der Waals surface area contributed by atoms with Crippen molar-refractivity contribution < 1.29 is 32.3 Å². The van der Waals surface area contributed by atoms with Crippen molar-refractivity contribution >= 4 is 17.7 Å². The van der Waals surface area contributed by atoms with Crippen LogP contribution in [0.5, 0.6) is 0 Å². The Bertz CT molecular complexity index is 1090. The maximum atomic E-state index is 13.4. The number of Topliss-reactive ketones (excluding diaryl/α,β-unsaturated/α-hetero) is 1. The summed E-state index contributed by atoms with van der Waals surface area (Å²) in [7, 11) is 1.63. The lowest BCUT2D eigenvalue weighted by Gasteiger charge is -2.28. The van der Waals surface area contributed by atoms with E-state index < -0.39 is 35.4 Å². The summed E-state index contributed by atoms with van der Waals surface area (Å²) in [4.78, 5) is 40.1. The SMILES string of the molecule is C=CCN(C(=O)c1cccc(C(F)(F)F)c1)C(C)C(=O)c1c(C)c(C(=O)OCC)n(C)c1C. The maximum absolute atomic E-state index is 13.4. The fourth-order valence-electron chi connectivity index (χ4n) is 3.73. The molecule has 1 aromatic carbocycles. The Morgan fingerprint density at radius 1 is 1.24 bits per heavy atom. The highest BCUT2D eigenvalue weighted by Gasteiger charge is 2.34. The average molecular weight is 464 g/mol. The summed E-state index contributed by atoms with van der Waals surface area (Å²) >= 11 is 0. The van der Waals surface area contributed by atoms with Crippen LogP contribution in [0.25, 0.3) is 0 Å². The van der Waals surface area contributed by atoms with E-state index in [0.717, 1.165) is 23.1 Å². The highest BCUT2D eigenvalue weighted by atomic mass is 19.4. The zero-order chi connectivity index (χ0) is 25.1. The summed E-state index contributed by atoms with van der Waals surface area (Å²) in [5, 5.41) is 0. The van der Waals surface area contributed by atoms with Crippen LogP contribution in [0.1, 0.15) is 61.9 Å². The average Bonchev–Trinajstić information content (AvgIpc) is 2.98. The largest absolute Gasteiger partial charge is 0.461 e. The van der Waals surface area contributed by atoms with E-state index in [4.69, 9.17) is 4.74 Å². The molecule has 0 bridgehead atoms. The van der Waals surface area contributed by atoms with Crippen molar-refractivity contribution in [1.29, 1.82) is 0 Å². The number of ketones is 1. The molecule has 2 aromatic rings. The highest BCUT2D eigenvalue weighted by molar-refractivity contribution is 6.07. The number of carbonyl (C=O) groups is 3. The zero-order valence-corrected chi connectivity index (χ0v) is 19.2. The third-order valence-corrected chi connectivity index (χ3v) is 5.52. The molecule has 1 amide bonds. The van der Waals surface area contributed by atoms with Gasteiger partial charge in [0.2, 0.25) is 0 Å². The van der Waals surface area contributed by atoms with Crippen LogP contribution in [0.2, 0.25) is 0 Å². The van der Waals surface area contributed by atoms with Crippen LogP contribution in [0.15, 0.2) is 36.9 Å². The lowest BCUT2D eigenvalue weighted by molar-refractivity contribution is -0.137. The van der Waals surface area contributed by atoms with Crippen molar-refractivity contribution in [3.63, 3.8) is 0 Å². The minimum atomic E-state index is -4.61. The lowest BCUT2D eigenvalue weighted by atomic mass is 9.99. The number of aromatic nitrogens is 1. The molecule has 0 fully saturated rings. The summed E-state index contributed by atoms with van der Waals surface area (Å²) in [6.07, 6.45) is -3.22. The molecule has 33 heavy (non-hydrogen) atoms. The van der Waals surface area contributed by atoms with E-state index in [2.05, 4.69) is 6.58 Å². The van der Waals surface area contributed by atoms with Gasteiger partial charge in [0.05, 0.1) is 18.2 Å². The molecule has 1 aromatic heterocycles. The number of amides is 1. The van der Waals surface area contributed by atoms with Gasteiger partial charge < -0.3 is 14.2 Å². The quantitative estimate of drug-likeness (QED) is 0.322. The number of halogens is 3. The first kappa shape index (κ1) is 25.9. The molecule has 0 aliphatic rings. The molecule has 0 N–H and O–H groups in total. The van der Waals surface area contributed by atoms with Crippen molar-refractivity contribution in [2.24, 2.45) is 7.05 Å². The van der Waals surface area contributed by atoms with Crippen molar-refractivity contribution in [3.05, 3.63) is 70.6 Å². The molecule has 0 saturated heterocycles. The molecule has 0 saturated carbocycles. The zero-order valence-electron chi connectivity index (χ0n) is 19.2. The molecule has 0 aliphatic carbocycles. The van der Waals surface area contributed by atoms with Gasteiger partial charge >= 0.3 is 12.1 Å². The van der Waals surface area contributed by atoms with Gasteiger partial charge in [0.15, 0.2) is 5.78 Å². The van der Waals surface area contributed by atoms with E-state index in [-0.39, 0.29) is 30.0 Å². The Morgan fingerprint density at radius 3 is 2.42 bits per heavy atom. The summed E-state index contributed by atoms with van der Waals surface area (Å²) in [6, 6.07) is 3.01. The Morgan fingerprint density at radius 2 is 1.88 bits per heavy atom. The van der Waals surface area contributed by atoms with E-state index in [1.165, 1.54) is 19.1 Å². The monoisotopic (exact) mass is 464 g/mol. The van der Waals surface area contributed by atoms with Crippen molar-refractivity contribution in [2.75, 3.05) is 13.2 Å². The fourth-order valence-corrected chi connectivity index (χ4v) is 3.73. The van der Waals surface area contributed by atoms with Gasteiger partial charge in [-0.2, -0.15) is 13.2 Å². The topological polar surface area (TPSA) is 68.6 Å². The van der Waals surface area contributed by atoms with Crippen LogP contribution in [-0.4, -0.2) is 46.3 Å². The minimum Gasteiger partial charge on any atom is -0.461 e. The molecule has 0 radical (unpaired) electrons. The first-order valence-corrected chi connectivity index (χ1v) is 10.3. The second-order valence-corrected chi connectivity index (χ2v) is 7.58. The van der Waals surface area contributed by atoms with Crippen LogP contribution in [0.4, 0.5) is 13.2 Å². The maximum Gasteiger partial charge on any atom is 0.416 e. The molecule has 2 rings (SSSR count). The number of ether oxygens (including phenoxy) is 1. The first-order chi connectivity index (χ1) is 15.4. The molecule has 178 valence electrons. The number of hydrogen-bond acceptors (Lipinski definition) is 4. The van der Waals surface area contributed by atoms with E-state index in [1.807, 2.05) is 0 Å². The van der Waals surface area contributed by atoms with Gasteiger partial charge in [0, 0.05) is 30.4 Å². The molecular formula is C24H27F3N2O4. The summed E-state index contributed by atoms with van der Waals surface area (Å²) < 4.78 is 45.9. The molecule has 0 aliphatic heterocycles. The van der Waals surface area contributed by atoms with E-state index in [0.29, 0.717) is 11.3 Å². The number of carbonyl (C=O) groups excluding carboxylic acids is 3. The van der Waals surface area contributed by atoms with Crippen LogP contribution in [0.3, 0.4) is 0 Å². The van der Waals surface area contributed by atoms with Crippen LogP contribution < -0.4 is 0 Å². The number of nitrogens with zero attached hydrogens (tertiary/aromatic N) is 2. The third kappa shape index (κ3) is 5.18. The van der Waals surface area contributed by atoms with E-state index in [1.54, 1.807) is 32.4 Å². The van der Waals surface area contributed by atoms with Gasteiger partial charge in [-0.3, -0.25) is 9.59 Å². The minimum absolute atomic E-state index is 0.0579. The van der Waals surface area contributed by atoms with Gasteiger partial charge in [-0.05, 0) is 51.5 Å². The van der Waals surface area contributed by atoms with Gasteiger partial charge in [0.25, 0.3) is 5.91 Å². The normalized spacial score (nSPS) is 12.2. The Labute approximate surface area is 190 Å². The van der Waals surface area contributed by atoms with E-state index >= 15 is 0 Å². The van der Waals surface area contributed by atoms with Gasteiger partial charge in [-0.25, -0.2) is 4.79 Å². The Hall–Kier alpha value is -3.36. The van der Waals surface area contributed by atoms with E-state index in [9.17, 15) is 27.6 Å². The molecular weight excluding hydrogens is 437 g/mol. The van der Waals surface area contributed by atoms with Crippen molar-refractivity contribution in [1.82, 2.24) is 9.47 Å². The molecule has 9 heteroatoms. The van der Waals surface area contributed by atoms with Crippen LogP contribution >= 0.6 is 0 Å².